The van der Waals surface area contributed by atoms with Gasteiger partial charge in [-0.25, -0.2) is 15.0 Å². The Kier molecular flexibility index (Phi) is 3.35. The minimum Gasteiger partial charge on any atom is -0.341 e. The zero-order valence-electron chi connectivity index (χ0n) is 10.3. The third-order valence-electron chi connectivity index (χ3n) is 2.62. The van der Waals surface area contributed by atoms with Crippen LogP contribution < -0.4 is 5.73 Å². The molecule has 0 fully saturated rings. The first kappa shape index (κ1) is 12.3. The molecular formula is C11H17N5S. The van der Waals surface area contributed by atoms with Gasteiger partial charge in [-0.3, -0.25) is 0 Å². The number of fused-ring (bicyclic) bond motifs is 1. The Hall–Kier alpha value is -1.14. The monoisotopic (exact) mass is 251 g/mol. The lowest BCUT2D eigenvalue weighted by Crippen LogP contribution is -2.30. The van der Waals surface area contributed by atoms with Crippen LogP contribution in [0.3, 0.4) is 0 Å². The maximum atomic E-state index is 5.84. The Balaban J connectivity index is 2.31. The van der Waals surface area contributed by atoms with Gasteiger partial charge in [-0.05, 0) is 5.41 Å². The van der Waals surface area contributed by atoms with Gasteiger partial charge in [0.15, 0.2) is 5.65 Å². The molecule has 0 aliphatic heterocycles. The van der Waals surface area contributed by atoms with Crippen molar-refractivity contribution in [1.29, 1.82) is 0 Å². The molecule has 2 aromatic heterocycles. The van der Waals surface area contributed by atoms with Crippen molar-refractivity contribution in [2.24, 2.45) is 11.1 Å². The van der Waals surface area contributed by atoms with Crippen LogP contribution in [-0.4, -0.2) is 31.7 Å². The molecule has 5 nitrogen and oxygen atoms in total. The van der Waals surface area contributed by atoms with E-state index in [-0.39, 0.29) is 5.41 Å². The summed E-state index contributed by atoms with van der Waals surface area (Å²) in [5.41, 5.74) is 7.56. The highest BCUT2D eigenvalue weighted by Crippen LogP contribution is 2.35. The van der Waals surface area contributed by atoms with E-state index in [1.165, 1.54) is 0 Å². The maximum Gasteiger partial charge on any atom is 0.181 e. The zero-order valence-corrected chi connectivity index (χ0v) is 11.1. The second-order valence-electron chi connectivity index (χ2n) is 4.99. The first-order valence-electron chi connectivity index (χ1n) is 5.53. The van der Waals surface area contributed by atoms with Crippen molar-refractivity contribution in [1.82, 2.24) is 19.9 Å². The molecular weight excluding hydrogens is 234 g/mol. The number of nitrogens with zero attached hydrogens (tertiary/aromatic N) is 3. The van der Waals surface area contributed by atoms with Gasteiger partial charge in [0.1, 0.15) is 16.9 Å². The highest BCUT2D eigenvalue weighted by Gasteiger charge is 2.25. The summed E-state index contributed by atoms with van der Waals surface area (Å²) < 4.78 is 0. The molecule has 0 saturated heterocycles. The summed E-state index contributed by atoms with van der Waals surface area (Å²) in [7, 11) is 0. The zero-order chi connectivity index (χ0) is 12.5. The van der Waals surface area contributed by atoms with Gasteiger partial charge in [0.05, 0.1) is 6.33 Å². The van der Waals surface area contributed by atoms with Crippen molar-refractivity contribution >= 4 is 22.9 Å². The van der Waals surface area contributed by atoms with E-state index in [9.17, 15) is 0 Å². The summed E-state index contributed by atoms with van der Waals surface area (Å²) in [4.78, 5) is 15.6. The molecule has 3 N–H and O–H groups in total. The van der Waals surface area contributed by atoms with E-state index < -0.39 is 0 Å². The van der Waals surface area contributed by atoms with Crippen LogP contribution in [0.1, 0.15) is 20.8 Å². The molecule has 0 aromatic carbocycles. The van der Waals surface area contributed by atoms with Gasteiger partial charge in [-0.2, -0.15) is 0 Å². The number of H-pyrrole nitrogens is 1. The first-order valence-corrected chi connectivity index (χ1v) is 6.41. The van der Waals surface area contributed by atoms with Crippen LogP contribution in [-0.2, 0) is 0 Å². The fourth-order valence-corrected chi connectivity index (χ4v) is 2.64. The van der Waals surface area contributed by atoms with Gasteiger partial charge in [-0.15, -0.1) is 0 Å². The van der Waals surface area contributed by atoms with Crippen molar-refractivity contribution in [3.63, 3.8) is 0 Å². The summed E-state index contributed by atoms with van der Waals surface area (Å²) in [5.74, 6) is 0. The average Bonchev–Trinajstić information content (AvgIpc) is 2.72. The Morgan fingerprint density at radius 2 is 2.12 bits per heavy atom. The standard InChI is InChI=1S/C11H17N5S/c1-11(2,3)7(4-12)17-10-8-9(14-5-13-8)15-6-16-10/h5-7H,4,12H2,1-3H3,(H,13,14,15,16). The number of aromatic nitrogens is 4. The molecule has 0 aliphatic rings. The lowest BCUT2D eigenvalue weighted by molar-refractivity contribution is 0.398. The third-order valence-corrected chi connectivity index (χ3v) is 4.34. The first-order chi connectivity index (χ1) is 8.02. The molecule has 1 unspecified atom stereocenters. The molecule has 92 valence electrons. The summed E-state index contributed by atoms with van der Waals surface area (Å²) in [6, 6.07) is 0. The SMILES string of the molecule is CC(C)(C)C(CN)Sc1ncnc2nc[nH]c12. The Bertz CT molecular complexity index is 502. The molecule has 2 rings (SSSR count). The van der Waals surface area contributed by atoms with Crippen LogP contribution in [0, 0.1) is 5.41 Å². The summed E-state index contributed by atoms with van der Waals surface area (Å²) in [5, 5.41) is 1.22. The predicted octanol–water partition coefficient (Wildman–Crippen LogP) is 1.82. The average molecular weight is 251 g/mol. The third kappa shape index (κ3) is 2.58. The smallest absolute Gasteiger partial charge is 0.181 e. The second-order valence-corrected chi connectivity index (χ2v) is 6.18. The molecule has 0 bridgehead atoms. The van der Waals surface area contributed by atoms with E-state index in [2.05, 4.69) is 40.7 Å². The molecule has 2 aromatic rings. The van der Waals surface area contributed by atoms with E-state index in [1.54, 1.807) is 24.4 Å². The van der Waals surface area contributed by atoms with Gasteiger partial charge in [0.25, 0.3) is 0 Å². The van der Waals surface area contributed by atoms with E-state index in [0.29, 0.717) is 17.4 Å². The Morgan fingerprint density at radius 1 is 1.35 bits per heavy atom. The molecule has 6 heteroatoms. The van der Waals surface area contributed by atoms with Crippen molar-refractivity contribution in [3.05, 3.63) is 12.7 Å². The van der Waals surface area contributed by atoms with Crippen LogP contribution in [0.2, 0.25) is 0 Å². The van der Waals surface area contributed by atoms with Crippen molar-refractivity contribution in [2.45, 2.75) is 31.0 Å². The second kappa shape index (κ2) is 4.62. The molecule has 17 heavy (non-hydrogen) atoms. The molecule has 0 saturated carbocycles. The number of thioether (sulfide) groups is 1. The number of rotatable bonds is 3. The fourth-order valence-electron chi connectivity index (χ4n) is 1.55. The topological polar surface area (TPSA) is 80.5 Å². The Labute approximate surface area is 105 Å². The number of hydrogen-bond donors (Lipinski definition) is 2. The predicted molar refractivity (Wildman–Crippen MR) is 69.8 cm³/mol. The van der Waals surface area contributed by atoms with Crippen LogP contribution >= 0.6 is 11.8 Å². The van der Waals surface area contributed by atoms with Gasteiger partial charge in [-0.1, -0.05) is 32.5 Å². The number of hydrogen-bond acceptors (Lipinski definition) is 5. The molecule has 2 heterocycles. The number of aromatic amines is 1. The molecule has 0 spiro atoms. The van der Waals surface area contributed by atoms with E-state index >= 15 is 0 Å². The van der Waals surface area contributed by atoms with Crippen molar-refractivity contribution in [2.75, 3.05) is 6.54 Å². The fraction of sp³-hybridized carbons (Fsp3) is 0.545. The molecule has 1 atom stereocenters. The van der Waals surface area contributed by atoms with Crippen LogP contribution in [0.15, 0.2) is 17.7 Å². The number of nitrogens with two attached hydrogens (primary N) is 1. The minimum atomic E-state index is 0.136. The van der Waals surface area contributed by atoms with Gasteiger partial charge >= 0.3 is 0 Å². The number of imidazole rings is 1. The lowest BCUT2D eigenvalue weighted by Gasteiger charge is -2.28. The summed E-state index contributed by atoms with van der Waals surface area (Å²) >= 11 is 1.68. The van der Waals surface area contributed by atoms with Crippen LogP contribution in [0.5, 0.6) is 0 Å². The van der Waals surface area contributed by atoms with Crippen LogP contribution in [0.25, 0.3) is 11.2 Å². The van der Waals surface area contributed by atoms with Gasteiger partial charge in [0.2, 0.25) is 0 Å². The molecule has 0 amide bonds. The largest absolute Gasteiger partial charge is 0.341 e. The van der Waals surface area contributed by atoms with Crippen LogP contribution in [0.4, 0.5) is 0 Å². The quantitative estimate of drug-likeness (QED) is 0.642. The van der Waals surface area contributed by atoms with E-state index in [1.807, 2.05) is 0 Å². The molecule has 0 aliphatic carbocycles. The maximum absolute atomic E-state index is 5.84. The van der Waals surface area contributed by atoms with E-state index in [4.69, 9.17) is 5.73 Å². The van der Waals surface area contributed by atoms with Gasteiger partial charge < -0.3 is 10.7 Å². The van der Waals surface area contributed by atoms with Crippen molar-refractivity contribution in [3.8, 4) is 0 Å². The van der Waals surface area contributed by atoms with Gasteiger partial charge in [0, 0.05) is 11.8 Å². The minimum absolute atomic E-state index is 0.136. The van der Waals surface area contributed by atoms with E-state index in [0.717, 1.165) is 10.5 Å². The summed E-state index contributed by atoms with van der Waals surface area (Å²) in [6.07, 6.45) is 3.18. The normalized spacial score (nSPS) is 14.1. The lowest BCUT2D eigenvalue weighted by atomic mass is 9.92. The van der Waals surface area contributed by atoms with Crippen molar-refractivity contribution < 1.29 is 0 Å². The number of nitrogens with one attached hydrogen (secondary N) is 1. The highest BCUT2D eigenvalue weighted by atomic mass is 32.2. The highest BCUT2D eigenvalue weighted by molar-refractivity contribution is 8.00. The molecule has 0 radical (unpaired) electrons. The Morgan fingerprint density at radius 3 is 2.76 bits per heavy atom. The summed E-state index contributed by atoms with van der Waals surface area (Å²) in [6.45, 7) is 7.17.